The maximum atomic E-state index is 12.3. The molecule has 0 saturated carbocycles. The largest absolute Gasteiger partial charge is 0.478 e. The molecule has 1 unspecified atom stereocenters. The van der Waals surface area contributed by atoms with Gasteiger partial charge in [0.1, 0.15) is 17.1 Å². The molecule has 0 amide bonds. The number of halogens is 2. The van der Waals surface area contributed by atoms with Crippen molar-refractivity contribution in [2.24, 2.45) is 0 Å². The monoisotopic (exact) mass is 332 g/mol. The van der Waals surface area contributed by atoms with Crippen LogP contribution in [0.3, 0.4) is 0 Å². The van der Waals surface area contributed by atoms with E-state index in [4.69, 9.17) is 32.7 Å². The zero-order valence-electron chi connectivity index (χ0n) is 10.4. The Balaban J connectivity index is 2.28. The molecule has 0 spiro atoms. The van der Waals surface area contributed by atoms with Gasteiger partial charge in [-0.25, -0.2) is 4.79 Å². The summed E-state index contributed by atoms with van der Waals surface area (Å²) in [5.74, 6) is -0.486. The number of hydrogen-bond acceptors (Lipinski definition) is 3. The van der Waals surface area contributed by atoms with Crippen LogP contribution < -0.4 is 0 Å². The van der Waals surface area contributed by atoms with E-state index in [1.54, 1.807) is 25.1 Å². The summed E-state index contributed by atoms with van der Waals surface area (Å²) in [5, 5.41) is 9.55. The van der Waals surface area contributed by atoms with Crippen molar-refractivity contribution in [2.45, 2.75) is 17.6 Å². The highest BCUT2D eigenvalue weighted by molar-refractivity contribution is 7.84. The third-order valence-electron chi connectivity index (χ3n) is 2.62. The van der Waals surface area contributed by atoms with Crippen LogP contribution in [-0.4, -0.2) is 15.3 Å². The molecule has 0 aliphatic heterocycles. The summed E-state index contributed by atoms with van der Waals surface area (Å²) in [4.78, 5) is 11.2. The summed E-state index contributed by atoms with van der Waals surface area (Å²) in [6.07, 6.45) is 0. The van der Waals surface area contributed by atoms with Gasteiger partial charge in [0.2, 0.25) is 0 Å². The van der Waals surface area contributed by atoms with Gasteiger partial charge in [0.15, 0.2) is 0 Å². The summed E-state index contributed by atoms with van der Waals surface area (Å²) in [7, 11) is -1.52. The maximum absolute atomic E-state index is 12.3. The first-order valence-electron chi connectivity index (χ1n) is 5.55. The lowest BCUT2D eigenvalue weighted by Crippen LogP contribution is -1.98. The van der Waals surface area contributed by atoms with Gasteiger partial charge in [0.25, 0.3) is 0 Å². The normalized spacial score (nSPS) is 12.3. The van der Waals surface area contributed by atoms with E-state index in [-0.39, 0.29) is 17.1 Å². The van der Waals surface area contributed by atoms with Gasteiger partial charge >= 0.3 is 5.97 Å². The Bertz CT molecular complexity index is 673. The third kappa shape index (κ3) is 3.06. The van der Waals surface area contributed by atoms with E-state index in [1.165, 1.54) is 6.07 Å². The quantitative estimate of drug-likeness (QED) is 0.921. The Labute approximate surface area is 127 Å². The molecule has 0 aliphatic rings. The molecule has 7 heteroatoms. The number of furan rings is 1. The van der Waals surface area contributed by atoms with Crippen LogP contribution in [0.1, 0.15) is 21.9 Å². The van der Waals surface area contributed by atoms with Crippen molar-refractivity contribution in [3.63, 3.8) is 0 Å². The molecule has 4 nitrogen and oxygen atoms in total. The van der Waals surface area contributed by atoms with Crippen molar-refractivity contribution in [1.82, 2.24) is 0 Å². The number of rotatable bonds is 4. The summed E-state index contributed by atoms with van der Waals surface area (Å²) in [5.41, 5.74) is 0.0576. The second kappa shape index (κ2) is 5.99. The lowest BCUT2D eigenvalue weighted by molar-refractivity contribution is 0.0695. The van der Waals surface area contributed by atoms with Crippen LogP contribution in [0, 0.1) is 6.92 Å². The van der Waals surface area contributed by atoms with E-state index < -0.39 is 16.8 Å². The number of aryl methyl sites for hydroxylation is 1. The molecule has 2 rings (SSSR count). The Morgan fingerprint density at radius 1 is 1.35 bits per heavy atom. The number of carboxylic acids is 1. The molecule has 1 N–H and O–H groups in total. The van der Waals surface area contributed by atoms with Gasteiger partial charge in [-0.1, -0.05) is 29.3 Å². The number of hydrogen-bond donors (Lipinski definition) is 1. The molecule has 0 saturated heterocycles. The smallest absolute Gasteiger partial charge is 0.339 e. The first-order chi connectivity index (χ1) is 9.40. The summed E-state index contributed by atoms with van der Waals surface area (Å²) >= 11 is 12.0. The standard InChI is InChI=1S/C13H10Cl2O4S/c1-7-9(13(16)17)5-8(19-7)6-20(18)12-10(14)3-2-4-11(12)15/h2-5H,6H2,1H3,(H,16,17). The highest BCUT2D eigenvalue weighted by Crippen LogP contribution is 2.29. The van der Waals surface area contributed by atoms with Gasteiger partial charge in [0, 0.05) is 0 Å². The molecule has 1 aromatic heterocycles. The van der Waals surface area contributed by atoms with Crippen molar-refractivity contribution < 1.29 is 18.5 Å². The molecule has 20 heavy (non-hydrogen) atoms. The van der Waals surface area contributed by atoms with Crippen molar-refractivity contribution in [3.05, 3.63) is 51.4 Å². The Kier molecular flexibility index (Phi) is 4.52. The number of carboxylic acid groups (broad SMARTS) is 1. The van der Waals surface area contributed by atoms with E-state index in [9.17, 15) is 9.00 Å². The molecule has 0 aliphatic carbocycles. The lowest BCUT2D eigenvalue weighted by Gasteiger charge is -2.05. The average molecular weight is 333 g/mol. The molecule has 1 heterocycles. The predicted molar refractivity (Wildman–Crippen MR) is 77.0 cm³/mol. The zero-order valence-corrected chi connectivity index (χ0v) is 12.7. The fourth-order valence-electron chi connectivity index (χ4n) is 1.73. The van der Waals surface area contributed by atoms with E-state index in [1.807, 2.05) is 0 Å². The van der Waals surface area contributed by atoms with E-state index in [0.717, 1.165) is 0 Å². The molecule has 1 atom stereocenters. The molecule has 106 valence electrons. The van der Waals surface area contributed by atoms with Crippen LogP contribution in [0.5, 0.6) is 0 Å². The van der Waals surface area contributed by atoms with Gasteiger partial charge in [-0.3, -0.25) is 4.21 Å². The summed E-state index contributed by atoms with van der Waals surface area (Å²) in [6, 6.07) is 6.21. The van der Waals surface area contributed by atoms with Gasteiger partial charge in [-0.05, 0) is 25.1 Å². The maximum Gasteiger partial charge on any atom is 0.339 e. The number of carbonyl (C=O) groups is 1. The molecule has 0 bridgehead atoms. The first-order valence-corrected chi connectivity index (χ1v) is 7.62. The van der Waals surface area contributed by atoms with Crippen LogP contribution in [0.15, 0.2) is 33.6 Å². The van der Waals surface area contributed by atoms with E-state index in [2.05, 4.69) is 0 Å². The molecule has 1 aromatic carbocycles. The van der Waals surface area contributed by atoms with Gasteiger partial charge in [-0.2, -0.15) is 0 Å². The minimum Gasteiger partial charge on any atom is -0.478 e. The molecule has 0 radical (unpaired) electrons. The van der Waals surface area contributed by atoms with Gasteiger partial charge in [0.05, 0.1) is 31.5 Å². The minimum atomic E-state index is -1.52. The van der Waals surface area contributed by atoms with E-state index in [0.29, 0.717) is 20.7 Å². The van der Waals surface area contributed by atoms with Crippen molar-refractivity contribution in [1.29, 1.82) is 0 Å². The molecular weight excluding hydrogens is 323 g/mol. The number of aromatic carboxylic acids is 1. The van der Waals surface area contributed by atoms with E-state index >= 15 is 0 Å². The fourth-order valence-corrected chi connectivity index (χ4v) is 3.76. The molecule has 2 aromatic rings. The first kappa shape index (κ1) is 15.1. The third-order valence-corrected chi connectivity index (χ3v) is 4.92. The average Bonchev–Trinajstić information content (AvgIpc) is 2.70. The molecule has 0 fully saturated rings. The second-order valence-corrected chi connectivity index (χ2v) is 6.23. The van der Waals surface area contributed by atoms with Crippen molar-refractivity contribution in [2.75, 3.05) is 0 Å². The topological polar surface area (TPSA) is 67.5 Å². The predicted octanol–water partition coefficient (Wildman–Crippen LogP) is 3.90. The Hall–Kier alpha value is -1.30. The number of benzene rings is 1. The minimum absolute atomic E-state index is 0.0115. The second-order valence-electron chi connectivity index (χ2n) is 4.03. The van der Waals surface area contributed by atoms with Crippen LogP contribution in [0.4, 0.5) is 0 Å². The Morgan fingerprint density at radius 2 is 1.95 bits per heavy atom. The highest BCUT2D eigenvalue weighted by Gasteiger charge is 2.18. The van der Waals surface area contributed by atoms with Crippen LogP contribution >= 0.6 is 23.2 Å². The SMILES string of the molecule is Cc1oc(CS(=O)c2c(Cl)cccc2Cl)cc1C(=O)O. The zero-order chi connectivity index (χ0) is 14.9. The van der Waals surface area contributed by atoms with Gasteiger partial charge < -0.3 is 9.52 Å². The van der Waals surface area contributed by atoms with Crippen molar-refractivity contribution in [3.8, 4) is 0 Å². The van der Waals surface area contributed by atoms with Gasteiger partial charge in [-0.15, -0.1) is 0 Å². The van der Waals surface area contributed by atoms with Crippen LogP contribution in [-0.2, 0) is 16.6 Å². The molecular formula is C13H10Cl2O4S. The van der Waals surface area contributed by atoms with Crippen LogP contribution in [0.2, 0.25) is 10.0 Å². The highest BCUT2D eigenvalue weighted by atomic mass is 35.5. The van der Waals surface area contributed by atoms with Crippen molar-refractivity contribution >= 4 is 40.0 Å². The summed E-state index contributed by atoms with van der Waals surface area (Å²) in [6.45, 7) is 1.54. The van der Waals surface area contributed by atoms with Crippen LogP contribution in [0.25, 0.3) is 0 Å². The Morgan fingerprint density at radius 3 is 2.45 bits per heavy atom. The summed E-state index contributed by atoms with van der Waals surface area (Å²) < 4.78 is 17.6. The lowest BCUT2D eigenvalue weighted by atomic mass is 10.2. The fraction of sp³-hybridized carbons (Fsp3) is 0.154.